The average molecular weight is 897 g/mol. The summed E-state index contributed by atoms with van der Waals surface area (Å²) in [6.07, 6.45) is 23.3. The van der Waals surface area contributed by atoms with Crippen LogP contribution in [0.25, 0.3) is 22.3 Å². The van der Waals surface area contributed by atoms with Gasteiger partial charge in [-0.1, -0.05) is 169 Å². The van der Waals surface area contributed by atoms with E-state index in [4.69, 9.17) is 19.2 Å². The topological polar surface area (TPSA) is 77.4 Å². The first-order valence-corrected chi connectivity index (χ1v) is 26.0. The molecule has 3 saturated carbocycles. The molecule has 3 aliphatic rings. The van der Waals surface area contributed by atoms with Crippen molar-refractivity contribution in [1.82, 2.24) is 0 Å². The van der Waals surface area contributed by atoms with Crippen LogP contribution in [0.2, 0.25) is 0 Å². The fourth-order valence-electron chi connectivity index (χ4n) is 10.9. The van der Waals surface area contributed by atoms with Crippen molar-refractivity contribution in [3.8, 4) is 22.3 Å². The third kappa shape index (κ3) is 14.4. The van der Waals surface area contributed by atoms with Crippen LogP contribution in [0, 0.1) is 23.7 Å². The maximum Gasteiger partial charge on any atom is 0.0721 e. The summed E-state index contributed by atoms with van der Waals surface area (Å²) in [5.74, 6) is 6.03. The molecule has 0 bridgehead atoms. The van der Waals surface area contributed by atoms with Crippen LogP contribution in [-0.2, 0) is 18.7 Å². The highest BCUT2D eigenvalue weighted by molar-refractivity contribution is 7.95. The van der Waals surface area contributed by atoms with Crippen LogP contribution in [0.15, 0.2) is 94.7 Å². The van der Waals surface area contributed by atoms with Crippen LogP contribution in [0.1, 0.15) is 197 Å². The van der Waals surface area contributed by atoms with Gasteiger partial charge in [-0.3, -0.25) is 0 Å². The van der Waals surface area contributed by atoms with Crippen molar-refractivity contribution < 1.29 is 29.3 Å². The molecule has 3 aliphatic carbocycles. The molecule has 7 rings (SSSR count). The van der Waals surface area contributed by atoms with E-state index in [9.17, 15) is 0 Å². The Bertz CT molecular complexity index is 1910. The Morgan fingerprint density at radius 1 is 0.508 bits per heavy atom. The van der Waals surface area contributed by atoms with Crippen LogP contribution in [0.3, 0.4) is 0 Å². The second-order valence-electron chi connectivity index (χ2n) is 19.5. The van der Waals surface area contributed by atoms with Gasteiger partial charge in [0.05, 0.1) is 24.1 Å². The number of unbranched alkanes of at least 4 members (excludes halogenated alkanes) is 2. The molecule has 6 nitrogen and oxygen atoms in total. The lowest BCUT2D eigenvalue weighted by Crippen LogP contribution is -2.25. The van der Waals surface area contributed by atoms with E-state index in [-0.39, 0.29) is 0 Å². The molecule has 4 aromatic rings. The van der Waals surface area contributed by atoms with E-state index in [1.165, 1.54) is 131 Å². The first kappa shape index (κ1) is 49.8. The predicted octanol–water partition coefficient (Wildman–Crippen LogP) is 18.2. The van der Waals surface area contributed by atoms with Gasteiger partial charge in [0.15, 0.2) is 0 Å². The fourth-order valence-corrected chi connectivity index (χ4v) is 12.0. The smallest absolute Gasteiger partial charge is 0.0721 e. The van der Waals surface area contributed by atoms with Crippen LogP contribution in [0.5, 0.6) is 0 Å². The van der Waals surface area contributed by atoms with E-state index in [1.54, 1.807) is 0 Å². The minimum Gasteiger partial charge on any atom is -0.220 e. The van der Waals surface area contributed by atoms with E-state index in [2.05, 4.69) is 137 Å². The van der Waals surface area contributed by atoms with Gasteiger partial charge in [-0.2, -0.15) is 0 Å². The summed E-state index contributed by atoms with van der Waals surface area (Å²) >= 11 is 2.15. The lowest BCUT2D eigenvalue weighted by atomic mass is 9.68. The van der Waals surface area contributed by atoms with Crippen molar-refractivity contribution in [2.24, 2.45) is 23.7 Å². The Labute approximate surface area is 388 Å². The Morgan fingerprint density at radius 3 is 1.32 bits per heavy atom. The van der Waals surface area contributed by atoms with Crippen molar-refractivity contribution in [1.29, 1.82) is 0 Å². The summed E-state index contributed by atoms with van der Waals surface area (Å²) in [6, 6.07) is 30.8. The van der Waals surface area contributed by atoms with Crippen LogP contribution in [0.4, 0.5) is 0 Å². The summed E-state index contributed by atoms with van der Waals surface area (Å²) in [7, 11) is 0. The summed E-state index contributed by atoms with van der Waals surface area (Å²) in [6.45, 7) is 13.4. The van der Waals surface area contributed by atoms with Gasteiger partial charge in [0.25, 0.3) is 0 Å². The van der Waals surface area contributed by atoms with Gasteiger partial charge in [0.2, 0.25) is 0 Å². The molecule has 344 valence electrons. The van der Waals surface area contributed by atoms with Crippen molar-refractivity contribution in [2.75, 3.05) is 0 Å². The average Bonchev–Trinajstić information content (AvgIpc) is 3.33. The van der Waals surface area contributed by atoms with Crippen LogP contribution >= 0.6 is 24.1 Å². The zero-order valence-corrected chi connectivity index (χ0v) is 40.7. The Hall–Kier alpha value is -2.66. The number of rotatable bonds is 18. The molecular weight excluding hydrogens is 821 g/mol. The van der Waals surface area contributed by atoms with Gasteiger partial charge in [-0.25, -0.2) is 10.5 Å². The van der Waals surface area contributed by atoms with Crippen molar-refractivity contribution >= 4 is 24.1 Å². The maximum atomic E-state index is 8.78. The fraction of sp³-hybridized carbons (Fsp3) is 0.564. The molecule has 0 amide bonds. The zero-order valence-electron chi connectivity index (χ0n) is 39.1. The predicted molar refractivity (Wildman–Crippen MR) is 263 cm³/mol. The van der Waals surface area contributed by atoms with Gasteiger partial charge in [0.1, 0.15) is 0 Å². The Kier molecular flexibility index (Phi) is 20.4. The molecule has 3 fully saturated rings. The molecule has 4 aromatic carbocycles. The highest BCUT2D eigenvalue weighted by Crippen LogP contribution is 2.46. The SMILES string of the molecule is CCC1CCC(c2ccc(-c3ccc(C(C)C)cc3)c(SOOO)c2)CC1.CCCCCC1CCC(C2CCC(c3ccc(-c4ccc(C(C)C)cc4)c(SOOO)c3)CC2)CC1. The van der Waals surface area contributed by atoms with Crippen molar-refractivity contribution in [3.63, 3.8) is 0 Å². The van der Waals surface area contributed by atoms with Crippen LogP contribution < -0.4 is 0 Å². The molecule has 0 aromatic heterocycles. The standard InChI is InChI=1S/C32H46O3S.C23H30O3S/c1-4-5-6-7-24-8-10-26(11-9-24)27-14-16-28(17-15-27)30-20-21-31(32(22-30)36-35-34-33)29-18-12-25(13-19-29)23(2)3;1-4-17-5-7-19(8-6-17)21-13-14-22(23(15-21)27-26-25-24)20-11-9-18(10-12-20)16(2)3/h12-13,18-24,26-28,33H,4-11,14-17H2,1-3H3;9-17,19,24H,4-8H2,1-3H3. The number of benzene rings is 4. The van der Waals surface area contributed by atoms with E-state index >= 15 is 0 Å². The Balaban J connectivity index is 0.000000219. The Morgan fingerprint density at radius 2 is 0.921 bits per heavy atom. The lowest BCUT2D eigenvalue weighted by Gasteiger charge is -2.38. The highest BCUT2D eigenvalue weighted by Gasteiger charge is 2.31. The van der Waals surface area contributed by atoms with Gasteiger partial charge < -0.3 is 0 Å². The van der Waals surface area contributed by atoms with Crippen LogP contribution in [-0.4, -0.2) is 10.5 Å². The second kappa shape index (κ2) is 25.9. The molecule has 8 heteroatoms. The molecule has 0 radical (unpaired) electrons. The van der Waals surface area contributed by atoms with E-state index in [0.717, 1.165) is 79.8 Å². The molecule has 0 aliphatic heterocycles. The monoisotopic (exact) mass is 897 g/mol. The lowest BCUT2D eigenvalue weighted by molar-refractivity contribution is -0.432. The molecule has 0 atom stereocenters. The first-order valence-electron chi connectivity index (χ1n) is 24.5. The normalized spacial score (nSPS) is 22.8. The van der Waals surface area contributed by atoms with Gasteiger partial charge in [-0.05, 0) is 168 Å². The van der Waals surface area contributed by atoms with Gasteiger partial charge in [-0.15, -0.1) is 8.67 Å². The number of hydrogen-bond donors (Lipinski definition) is 2. The zero-order chi connectivity index (χ0) is 44.6. The van der Waals surface area contributed by atoms with E-state index in [1.807, 2.05) is 0 Å². The molecule has 0 heterocycles. The quantitative estimate of drug-likeness (QED) is 0.0443. The van der Waals surface area contributed by atoms with Crippen molar-refractivity contribution in [3.05, 3.63) is 107 Å². The minimum atomic E-state index is 0.511. The van der Waals surface area contributed by atoms with E-state index < -0.39 is 0 Å². The molecule has 0 unspecified atom stereocenters. The first-order chi connectivity index (χ1) is 30.7. The third-order valence-electron chi connectivity index (χ3n) is 15.0. The summed E-state index contributed by atoms with van der Waals surface area (Å²) < 4.78 is 9.69. The maximum absolute atomic E-state index is 8.78. The molecule has 2 N–H and O–H groups in total. The molecule has 0 saturated heterocycles. The van der Waals surface area contributed by atoms with Gasteiger partial charge in [0, 0.05) is 9.79 Å². The third-order valence-corrected chi connectivity index (χ3v) is 16.3. The molecular formula is C55H76O6S2. The minimum absolute atomic E-state index is 0.511. The summed E-state index contributed by atoms with van der Waals surface area (Å²) in [5.41, 5.74) is 9.91. The van der Waals surface area contributed by atoms with Gasteiger partial charge >= 0.3 is 0 Å². The molecule has 63 heavy (non-hydrogen) atoms. The molecule has 0 spiro atoms. The second-order valence-corrected chi connectivity index (χ2v) is 21.0. The highest BCUT2D eigenvalue weighted by atomic mass is 32.2. The number of hydrogen-bond acceptors (Lipinski definition) is 8. The largest absolute Gasteiger partial charge is 0.220 e. The van der Waals surface area contributed by atoms with Crippen molar-refractivity contribution in [2.45, 2.75) is 184 Å². The summed E-state index contributed by atoms with van der Waals surface area (Å²) in [4.78, 5) is 1.96. The summed E-state index contributed by atoms with van der Waals surface area (Å²) in [5, 5.41) is 25.2. The van der Waals surface area contributed by atoms with E-state index in [0.29, 0.717) is 23.7 Å².